The summed E-state index contributed by atoms with van der Waals surface area (Å²) in [6.45, 7) is 11.0. The van der Waals surface area contributed by atoms with E-state index in [1.807, 2.05) is 6.20 Å². The molecule has 2 unspecified atom stereocenters. The molecule has 0 saturated carbocycles. The molecule has 0 fully saturated rings. The highest BCUT2D eigenvalue weighted by Gasteiger charge is 2.15. The van der Waals surface area contributed by atoms with Crippen LogP contribution in [0.1, 0.15) is 47.1 Å². The highest BCUT2D eigenvalue weighted by atomic mass is 15.2. The zero-order valence-corrected chi connectivity index (χ0v) is 10.5. The average Bonchev–Trinajstić information content (AvgIpc) is 2.62. The van der Waals surface area contributed by atoms with Gasteiger partial charge in [-0.2, -0.15) is 0 Å². The summed E-state index contributed by atoms with van der Waals surface area (Å²) in [4.78, 5) is 4.35. The second-order valence-corrected chi connectivity index (χ2v) is 4.58. The second kappa shape index (κ2) is 5.19. The number of rotatable bonds is 5. The highest BCUT2D eigenvalue weighted by Crippen LogP contribution is 2.23. The van der Waals surface area contributed by atoms with E-state index >= 15 is 0 Å². The largest absolute Gasteiger partial charge is 0.353 e. The molecule has 0 spiro atoms. The van der Waals surface area contributed by atoms with Crippen molar-refractivity contribution in [1.82, 2.24) is 9.55 Å². The number of hydrogen-bond donors (Lipinski definition) is 1. The molecule has 0 aliphatic rings. The lowest BCUT2D eigenvalue weighted by Gasteiger charge is -2.23. The van der Waals surface area contributed by atoms with E-state index in [-0.39, 0.29) is 0 Å². The van der Waals surface area contributed by atoms with Crippen LogP contribution in [0, 0.1) is 5.92 Å². The summed E-state index contributed by atoms with van der Waals surface area (Å²) in [7, 11) is 0. The van der Waals surface area contributed by atoms with Gasteiger partial charge in [0, 0.05) is 24.5 Å². The van der Waals surface area contributed by atoms with E-state index in [2.05, 4.69) is 55.7 Å². The molecular weight excluding hydrogens is 186 g/mol. The first-order chi connectivity index (χ1) is 7.06. The van der Waals surface area contributed by atoms with Crippen LogP contribution in [0.25, 0.3) is 0 Å². The molecule has 3 heteroatoms. The van der Waals surface area contributed by atoms with Gasteiger partial charge in [0.25, 0.3) is 0 Å². The van der Waals surface area contributed by atoms with Crippen molar-refractivity contribution in [3.8, 4) is 0 Å². The lowest BCUT2D eigenvalue weighted by atomic mass is 10.0. The second-order valence-electron chi connectivity index (χ2n) is 4.58. The molecule has 1 aromatic heterocycles. The minimum Gasteiger partial charge on any atom is -0.353 e. The summed E-state index contributed by atoms with van der Waals surface area (Å²) >= 11 is 0. The van der Waals surface area contributed by atoms with Crippen molar-refractivity contribution >= 4 is 5.95 Å². The summed E-state index contributed by atoms with van der Waals surface area (Å²) in [6, 6.07) is 0.925. The van der Waals surface area contributed by atoms with Crippen LogP contribution in [0.4, 0.5) is 5.95 Å². The van der Waals surface area contributed by atoms with Crippen LogP contribution in [-0.2, 0) is 0 Å². The van der Waals surface area contributed by atoms with Crippen LogP contribution in [0.5, 0.6) is 0 Å². The van der Waals surface area contributed by atoms with Gasteiger partial charge in [-0.05, 0) is 26.7 Å². The van der Waals surface area contributed by atoms with Crippen molar-refractivity contribution < 1.29 is 0 Å². The molecule has 0 amide bonds. The maximum Gasteiger partial charge on any atom is 0.203 e. The standard InChI is InChI=1S/C12H23N3/c1-6-10(4)11(5)15-8-7-13-12(15)14-9(2)3/h7-11H,6H2,1-5H3,(H,13,14). The third-order valence-electron chi connectivity index (χ3n) is 2.99. The van der Waals surface area contributed by atoms with Gasteiger partial charge in [-0.3, -0.25) is 0 Å². The summed E-state index contributed by atoms with van der Waals surface area (Å²) in [5.41, 5.74) is 0. The van der Waals surface area contributed by atoms with E-state index in [0.29, 0.717) is 18.0 Å². The zero-order valence-electron chi connectivity index (χ0n) is 10.5. The Hall–Kier alpha value is -0.990. The normalized spacial score (nSPS) is 15.3. The number of nitrogens with one attached hydrogen (secondary N) is 1. The Bertz CT molecular complexity index is 291. The predicted octanol–water partition coefficient (Wildman–Crippen LogP) is 3.31. The first-order valence-electron chi connectivity index (χ1n) is 5.85. The molecule has 3 nitrogen and oxygen atoms in total. The van der Waals surface area contributed by atoms with E-state index in [0.717, 1.165) is 5.95 Å². The van der Waals surface area contributed by atoms with Gasteiger partial charge in [-0.15, -0.1) is 0 Å². The van der Waals surface area contributed by atoms with E-state index in [9.17, 15) is 0 Å². The lowest BCUT2D eigenvalue weighted by Crippen LogP contribution is -2.19. The van der Waals surface area contributed by atoms with Gasteiger partial charge in [0.15, 0.2) is 0 Å². The molecule has 0 radical (unpaired) electrons. The van der Waals surface area contributed by atoms with Gasteiger partial charge in [0.2, 0.25) is 5.95 Å². The molecule has 0 bridgehead atoms. The van der Waals surface area contributed by atoms with Crippen molar-refractivity contribution in [3.63, 3.8) is 0 Å². The van der Waals surface area contributed by atoms with Gasteiger partial charge in [-0.1, -0.05) is 20.3 Å². The van der Waals surface area contributed by atoms with Gasteiger partial charge in [0.1, 0.15) is 0 Å². The van der Waals surface area contributed by atoms with Crippen molar-refractivity contribution in [2.45, 2.75) is 53.1 Å². The third-order valence-corrected chi connectivity index (χ3v) is 2.99. The fraction of sp³-hybridized carbons (Fsp3) is 0.750. The average molecular weight is 209 g/mol. The third kappa shape index (κ3) is 2.98. The number of hydrogen-bond acceptors (Lipinski definition) is 2. The molecule has 0 aromatic carbocycles. The van der Waals surface area contributed by atoms with E-state index in [1.165, 1.54) is 6.42 Å². The fourth-order valence-corrected chi connectivity index (χ4v) is 1.63. The van der Waals surface area contributed by atoms with E-state index in [4.69, 9.17) is 0 Å². The van der Waals surface area contributed by atoms with Crippen LogP contribution < -0.4 is 5.32 Å². The van der Waals surface area contributed by atoms with Gasteiger partial charge < -0.3 is 9.88 Å². The van der Waals surface area contributed by atoms with Crippen molar-refractivity contribution in [2.24, 2.45) is 5.92 Å². The SMILES string of the molecule is CCC(C)C(C)n1ccnc1NC(C)C. The number of imidazole rings is 1. The molecule has 15 heavy (non-hydrogen) atoms. The van der Waals surface area contributed by atoms with Crippen LogP contribution in [0.3, 0.4) is 0 Å². The number of aromatic nitrogens is 2. The molecular formula is C12H23N3. The lowest BCUT2D eigenvalue weighted by molar-refractivity contribution is 0.372. The number of nitrogens with zero attached hydrogens (tertiary/aromatic N) is 2. The molecule has 1 rings (SSSR count). The van der Waals surface area contributed by atoms with Crippen molar-refractivity contribution in [1.29, 1.82) is 0 Å². The maximum atomic E-state index is 4.35. The molecule has 86 valence electrons. The van der Waals surface area contributed by atoms with E-state index in [1.54, 1.807) is 0 Å². The molecule has 1 aromatic rings. The highest BCUT2D eigenvalue weighted by molar-refractivity contribution is 5.27. The Kier molecular flexibility index (Phi) is 4.18. The van der Waals surface area contributed by atoms with Gasteiger partial charge in [0.05, 0.1) is 0 Å². The van der Waals surface area contributed by atoms with Crippen LogP contribution in [-0.4, -0.2) is 15.6 Å². The molecule has 1 N–H and O–H groups in total. The van der Waals surface area contributed by atoms with Crippen molar-refractivity contribution in [2.75, 3.05) is 5.32 Å². The Morgan fingerprint density at radius 3 is 2.53 bits per heavy atom. The van der Waals surface area contributed by atoms with Crippen LogP contribution in [0.15, 0.2) is 12.4 Å². The van der Waals surface area contributed by atoms with Crippen molar-refractivity contribution in [3.05, 3.63) is 12.4 Å². The molecule has 1 heterocycles. The van der Waals surface area contributed by atoms with E-state index < -0.39 is 0 Å². The Labute approximate surface area is 92.9 Å². The van der Waals surface area contributed by atoms with Gasteiger partial charge in [-0.25, -0.2) is 4.98 Å². The Balaban J connectivity index is 2.79. The maximum absolute atomic E-state index is 4.35. The zero-order chi connectivity index (χ0) is 11.4. The summed E-state index contributed by atoms with van der Waals surface area (Å²) < 4.78 is 2.23. The van der Waals surface area contributed by atoms with Crippen LogP contribution >= 0.6 is 0 Å². The first-order valence-corrected chi connectivity index (χ1v) is 5.85. The minimum atomic E-state index is 0.426. The fourth-order valence-electron chi connectivity index (χ4n) is 1.63. The number of anilines is 1. The summed E-state index contributed by atoms with van der Waals surface area (Å²) in [5, 5.41) is 3.37. The molecule has 2 atom stereocenters. The monoisotopic (exact) mass is 209 g/mol. The predicted molar refractivity (Wildman–Crippen MR) is 65.2 cm³/mol. The first kappa shape index (κ1) is 12.1. The van der Waals surface area contributed by atoms with Crippen LogP contribution in [0.2, 0.25) is 0 Å². The molecule has 0 saturated heterocycles. The summed E-state index contributed by atoms with van der Waals surface area (Å²) in [6.07, 6.45) is 5.12. The smallest absolute Gasteiger partial charge is 0.203 e. The topological polar surface area (TPSA) is 29.9 Å². The Morgan fingerprint density at radius 1 is 1.33 bits per heavy atom. The quantitative estimate of drug-likeness (QED) is 0.806. The minimum absolute atomic E-state index is 0.426. The van der Waals surface area contributed by atoms with Gasteiger partial charge >= 0.3 is 0 Å². The summed E-state index contributed by atoms with van der Waals surface area (Å²) in [5.74, 6) is 1.66. The Morgan fingerprint density at radius 2 is 2.00 bits per heavy atom. The molecule has 0 aliphatic carbocycles. The molecule has 0 aliphatic heterocycles.